The zero-order valence-corrected chi connectivity index (χ0v) is 10.4. The number of rotatable bonds is 2. The maximum atomic E-state index is 11.5. The third-order valence-corrected chi connectivity index (χ3v) is 4.53. The van der Waals surface area contributed by atoms with Crippen LogP contribution < -0.4 is 0 Å². The fourth-order valence-corrected chi connectivity index (χ4v) is 3.27. The number of H-pyrrole nitrogens is 1. The molecule has 6 heteroatoms. The minimum atomic E-state index is -3.09. The van der Waals surface area contributed by atoms with Gasteiger partial charge in [-0.3, -0.25) is 5.10 Å². The van der Waals surface area contributed by atoms with Gasteiger partial charge in [-0.2, -0.15) is 5.10 Å². The van der Waals surface area contributed by atoms with Crippen molar-refractivity contribution in [3.8, 4) is 0 Å². The molecular weight excluding hydrogens is 226 g/mol. The molecule has 1 N–H and O–H groups in total. The van der Waals surface area contributed by atoms with E-state index in [1.165, 1.54) is 6.26 Å². The van der Waals surface area contributed by atoms with Crippen molar-refractivity contribution >= 4 is 10.0 Å². The molecular formula is C10H17N3O2S. The van der Waals surface area contributed by atoms with Crippen LogP contribution in [0.4, 0.5) is 0 Å². The predicted molar refractivity (Wildman–Crippen MR) is 61.6 cm³/mol. The van der Waals surface area contributed by atoms with Crippen molar-refractivity contribution in [2.75, 3.05) is 19.3 Å². The van der Waals surface area contributed by atoms with E-state index >= 15 is 0 Å². The lowest BCUT2D eigenvalue weighted by Crippen LogP contribution is -2.46. The molecule has 16 heavy (non-hydrogen) atoms. The van der Waals surface area contributed by atoms with Crippen LogP contribution in [0.5, 0.6) is 0 Å². The Morgan fingerprint density at radius 2 is 2.31 bits per heavy atom. The molecule has 2 heterocycles. The largest absolute Gasteiger partial charge is 0.282 e. The molecule has 1 saturated heterocycles. The number of hydrogen-bond donors (Lipinski definition) is 1. The summed E-state index contributed by atoms with van der Waals surface area (Å²) in [6, 6.07) is 1.92. The first-order valence-corrected chi connectivity index (χ1v) is 7.22. The lowest BCUT2D eigenvalue weighted by atomic mass is 9.80. The van der Waals surface area contributed by atoms with Crippen LogP contribution in [0.1, 0.15) is 25.5 Å². The van der Waals surface area contributed by atoms with E-state index < -0.39 is 10.0 Å². The van der Waals surface area contributed by atoms with Crippen LogP contribution in [-0.2, 0) is 15.4 Å². The second-order valence-electron chi connectivity index (χ2n) is 4.73. The number of aromatic nitrogens is 2. The summed E-state index contributed by atoms with van der Waals surface area (Å²) in [6.07, 6.45) is 4.86. The molecule has 0 spiro atoms. The van der Waals surface area contributed by atoms with Crippen LogP contribution >= 0.6 is 0 Å². The first-order chi connectivity index (χ1) is 7.42. The highest BCUT2D eigenvalue weighted by Crippen LogP contribution is 2.33. The van der Waals surface area contributed by atoms with Crippen LogP contribution in [0.25, 0.3) is 0 Å². The summed E-state index contributed by atoms with van der Waals surface area (Å²) in [5.74, 6) is 0. The van der Waals surface area contributed by atoms with Gasteiger partial charge in [-0.05, 0) is 18.9 Å². The summed E-state index contributed by atoms with van der Waals surface area (Å²) in [5.41, 5.74) is 0.874. The van der Waals surface area contributed by atoms with E-state index in [1.54, 1.807) is 10.5 Å². The molecule has 1 fully saturated rings. The van der Waals surface area contributed by atoms with E-state index in [9.17, 15) is 8.42 Å². The van der Waals surface area contributed by atoms with Crippen molar-refractivity contribution in [2.24, 2.45) is 0 Å². The lowest BCUT2D eigenvalue weighted by molar-refractivity contribution is 0.237. The number of sulfonamides is 1. The van der Waals surface area contributed by atoms with E-state index in [0.29, 0.717) is 13.1 Å². The van der Waals surface area contributed by atoms with Gasteiger partial charge < -0.3 is 0 Å². The summed E-state index contributed by atoms with van der Waals surface area (Å²) >= 11 is 0. The lowest BCUT2D eigenvalue weighted by Gasteiger charge is -2.38. The molecule has 1 atom stereocenters. The molecule has 1 aromatic heterocycles. The minimum Gasteiger partial charge on any atom is -0.282 e. The van der Waals surface area contributed by atoms with Crippen molar-refractivity contribution in [1.29, 1.82) is 0 Å². The van der Waals surface area contributed by atoms with Gasteiger partial charge in [-0.15, -0.1) is 0 Å². The molecule has 2 rings (SSSR count). The zero-order chi connectivity index (χ0) is 11.8. The predicted octanol–water partition coefficient (Wildman–Crippen LogP) is 0.723. The number of hydrogen-bond acceptors (Lipinski definition) is 3. The molecule has 0 bridgehead atoms. The molecule has 90 valence electrons. The Labute approximate surface area is 95.9 Å². The van der Waals surface area contributed by atoms with Gasteiger partial charge in [0.2, 0.25) is 10.0 Å². The highest BCUT2D eigenvalue weighted by molar-refractivity contribution is 7.88. The highest BCUT2D eigenvalue weighted by atomic mass is 32.2. The van der Waals surface area contributed by atoms with Crippen molar-refractivity contribution < 1.29 is 8.42 Å². The topological polar surface area (TPSA) is 66.1 Å². The summed E-state index contributed by atoms with van der Waals surface area (Å²) < 4.78 is 24.6. The maximum absolute atomic E-state index is 11.5. The van der Waals surface area contributed by atoms with E-state index in [-0.39, 0.29) is 5.41 Å². The van der Waals surface area contributed by atoms with Crippen LogP contribution in [0.3, 0.4) is 0 Å². The smallest absolute Gasteiger partial charge is 0.211 e. The zero-order valence-electron chi connectivity index (χ0n) is 9.60. The molecule has 0 aliphatic carbocycles. The number of nitrogens with zero attached hydrogens (tertiary/aromatic N) is 2. The van der Waals surface area contributed by atoms with Crippen molar-refractivity contribution in [1.82, 2.24) is 14.5 Å². The van der Waals surface area contributed by atoms with E-state index in [1.807, 2.05) is 6.07 Å². The summed E-state index contributed by atoms with van der Waals surface area (Å²) in [4.78, 5) is 0. The highest BCUT2D eigenvalue weighted by Gasteiger charge is 2.36. The SMILES string of the molecule is C[C@]1(c2ccn[nH]2)CCCN(S(C)(=O)=O)C1. The minimum absolute atomic E-state index is 0.141. The van der Waals surface area contributed by atoms with Gasteiger partial charge in [0.15, 0.2) is 0 Å². The molecule has 0 amide bonds. The summed E-state index contributed by atoms with van der Waals surface area (Å²) in [7, 11) is -3.09. The van der Waals surface area contributed by atoms with Gasteiger partial charge >= 0.3 is 0 Å². The van der Waals surface area contributed by atoms with Gasteiger partial charge in [0.05, 0.1) is 6.26 Å². The molecule has 1 aromatic rings. The van der Waals surface area contributed by atoms with Gasteiger partial charge in [-0.1, -0.05) is 6.92 Å². The van der Waals surface area contributed by atoms with Crippen molar-refractivity contribution in [3.05, 3.63) is 18.0 Å². The third-order valence-electron chi connectivity index (χ3n) is 3.28. The Hall–Kier alpha value is -0.880. The van der Waals surface area contributed by atoms with Gasteiger partial charge in [0.1, 0.15) is 0 Å². The van der Waals surface area contributed by atoms with Gasteiger partial charge in [0.25, 0.3) is 0 Å². The second-order valence-corrected chi connectivity index (χ2v) is 6.71. The molecule has 0 saturated carbocycles. The fourth-order valence-electron chi connectivity index (χ4n) is 2.29. The van der Waals surface area contributed by atoms with Crippen molar-refractivity contribution in [3.63, 3.8) is 0 Å². The Balaban J connectivity index is 2.25. The van der Waals surface area contributed by atoms with E-state index in [4.69, 9.17) is 0 Å². The molecule has 1 aliphatic rings. The fraction of sp³-hybridized carbons (Fsp3) is 0.700. The number of aromatic amines is 1. The van der Waals surface area contributed by atoms with Crippen LogP contribution in [0, 0.1) is 0 Å². The Morgan fingerprint density at radius 3 is 2.88 bits per heavy atom. The van der Waals surface area contributed by atoms with E-state index in [0.717, 1.165) is 18.5 Å². The Kier molecular flexibility index (Phi) is 2.79. The Bertz CT molecular complexity index is 454. The quantitative estimate of drug-likeness (QED) is 0.832. The standard InChI is InChI=1S/C10H17N3O2S/c1-10(9-4-6-11-12-9)5-3-7-13(8-10)16(2,14)15/h4,6H,3,5,7-8H2,1-2H3,(H,11,12)/t10-/m0/s1. The average Bonchev–Trinajstić information content (AvgIpc) is 2.69. The Morgan fingerprint density at radius 1 is 1.56 bits per heavy atom. The van der Waals surface area contributed by atoms with Crippen LogP contribution in [0.2, 0.25) is 0 Å². The third kappa shape index (κ3) is 2.12. The second kappa shape index (κ2) is 3.85. The number of piperidine rings is 1. The van der Waals surface area contributed by atoms with Gasteiger partial charge in [0, 0.05) is 30.4 Å². The average molecular weight is 243 g/mol. The summed E-state index contributed by atoms with van der Waals surface area (Å²) in [5, 5.41) is 6.88. The molecule has 0 radical (unpaired) electrons. The first kappa shape index (κ1) is 11.6. The molecule has 0 unspecified atom stereocenters. The summed E-state index contributed by atoms with van der Waals surface area (Å²) in [6.45, 7) is 3.24. The van der Waals surface area contributed by atoms with Gasteiger partial charge in [-0.25, -0.2) is 12.7 Å². The molecule has 5 nitrogen and oxygen atoms in total. The maximum Gasteiger partial charge on any atom is 0.211 e. The first-order valence-electron chi connectivity index (χ1n) is 5.37. The normalized spacial score (nSPS) is 28.1. The van der Waals surface area contributed by atoms with Crippen LogP contribution in [0.15, 0.2) is 12.3 Å². The number of nitrogens with one attached hydrogen (secondary N) is 1. The monoisotopic (exact) mass is 243 g/mol. The van der Waals surface area contributed by atoms with Crippen molar-refractivity contribution in [2.45, 2.75) is 25.2 Å². The van der Waals surface area contributed by atoms with Crippen LogP contribution in [-0.4, -0.2) is 42.3 Å². The molecule has 0 aromatic carbocycles. The molecule has 1 aliphatic heterocycles. The van der Waals surface area contributed by atoms with E-state index in [2.05, 4.69) is 17.1 Å².